The van der Waals surface area contributed by atoms with Crippen LogP contribution in [0.25, 0.3) is 10.8 Å². The molecule has 2 aromatic carbocycles. The summed E-state index contributed by atoms with van der Waals surface area (Å²) in [4.78, 5) is 2.54. The molecule has 23 heavy (non-hydrogen) atoms. The van der Waals surface area contributed by atoms with Gasteiger partial charge in [0.2, 0.25) is 0 Å². The SMILES string of the molecule is COc1ccc2cc(CN3CCCC(C(C)N)C3)ccc2c1.Cl. The molecule has 3 nitrogen and oxygen atoms in total. The molecule has 4 heteroatoms. The van der Waals surface area contributed by atoms with E-state index in [4.69, 9.17) is 10.5 Å². The summed E-state index contributed by atoms with van der Waals surface area (Å²) in [6.45, 7) is 5.46. The van der Waals surface area contributed by atoms with Crippen LogP contribution in [0, 0.1) is 5.92 Å². The van der Waals surface area contributed by atoms with Crippen molar-refractivity contribution >= 4 is 23.2 Å². The second kappa shape index (κ2) is 8.00. The van der Waals surface area contributed by atoms with Crippen molar-refractivity contribution in [3.8, 4) is 5.75 Å². The predicted octanol–water partition coefficient (Wildman–Crippen LogP) is 3.83. The first-order chi connectivity index (χ1) is 10.7. The van der Waals surface area contributed by atoms with Crippen molar-refractivity contribution in [2.24, 2.45) is 11.7 Å². The van der Waals surface area contributed by atoms with Crippen molar-refractivity contribution in [1.29, 1.82) is 0 Å². The van der Waals surface area contributed by atoms with Crippen molar-refractivity contribution in [3.05, 3.63) is 42.0 Å². The van der Waals surface area contributed by atoms with E-state index in [1.54, 1.807) is 7.11 Å². The van der Waals surface area contributed by atoms with E-state index in [2.05, 4.69) is 42.2 Å². The zero-order valence-electron chi connectivity index (χ0n) is 14.0. The Morgan fingerprint density at radius 1 is 1.22 bits per heavy atom. The van der Waals surface area contributed by atoms with Crippen molar-refractivity contribution in [2.75, 3.05) is 20.2 Å². The maximum absolute atomic E-state index is 6.09. The van der Waals surface area contributed by atoms with Gasteiger partial charge >= 0.3 is 0 Å². The highest BCUT2D eigenvalue weighted by molar-refractivity contribution is 5.85. The third-order valence-electron chi connectivity index (χ3n) is 4.80. The normalized spacial score (nSPS) is 20.0. The van der Waals surface area contributed by atoms with Gasteiger partial charge in [0.15, 0.2) is 0 Å². The number of ether oxygens (including phenoxy) is 1. The summed E-state index contributed by atoms with van der Waals surface area (Å²) in [5, 5.41) is 2.51. The van der Waals surface area contributed by atoms with Crippen LogP contribution in [0.4, 0.5) is 0 Å². The highest BCUT2D eigenvalue weighted by atomic mass is 35.5. The Hall–Kier alpha value is -1.29. The molecule has 0 radical (unpaired) electrons. The molecule has 0 aromatic heterocycles. The van der Waals surface area contributed by atoms with Crippen LogP contribution >= 0.6 is 12.4 Å². The number of fused-ring (bicyclic) bond motifs is 1. The number of rotatable bonds is 4. The smallest absolute Gasteiger partial charge is 0.119 e. The van der Waals surface area contributed by atoms with E-state index < -0.39 is 0 Å². The number of likely N-dealkylation sites (tertiary alicyclic amines) is 1. The Kier molecular flexibility index (Phi) is 6.28. The van der Waals surface area contributed by atoms with E-state index in [0.717, 1.165) is 18.8 Å². The van der Waals surface area contributed by atoms with Crippen molar-refractivity contribution < 1.29 is 4.74 Å². The summed E-state index contributed by atoms with van der Waals surface area (Å²) in [6, 6.07) is 13.3. The van der Waals surface area contributed by atoms with Crippen LogP contribution in [0.3, 0.4) is 0 Å². The number of hydrogen-bond donors (Lipinski definition) is 1. The van der Waals surface area contributed by atoms with E-state index in [9.17, 15) is 0 Å². The van der Waals surface area contributed by atoms with Crippen LogP contribution in [-0.2, 0) is 6.54 Å². The molecule has 1 heterocycles. The number of hydrogen-bond acceptors (Lipinski definition) is 3. The number of halogens is 1. The Bertz CT molecular complexity index is 644. The van der Waals surface area contributed by atoms with Gasteiger partial charge in [-0.1, -0.05) is 18.2 Å². The minimum atomic E-state index is 0. The average Bonchev–Trinajstić information content (AvgIpc) is 2.54. The average molecular weight is 335 g/mol. The minimum Gasteiger partial charge on any atom is -0.497 e. The lowest BCUT2D eigenvalue weighted by Crippen LogP contribution is -2.41. The zero-order valence-corrected chi connectivity index (χ0v) is 14.8. The molecule has 0 saturated carbocycles. The monoisotopic (exact) mass is 334 g/mol. The second-order valence-electron chi connectivity index (χ2n) is 6.54. The molecule has 2 unspecified atom stereocenters. The zero-order chi connectivity index (χ0) is 15.5. The quantitative estimate of drug-likeness (QED) is 0.923. The maximum atomic E-state index is 6.09. The third kappa shape index (κ3) is 4.37. The molecule has 0 spiro atoms. The molecular weight excluding hydrogens is 308 g/mol. The van der Waals surface area contributed by atoms with E-state index in [-0.39, 0.29) is 12.4 Å². The van der Waals surface area contributed by atoms with Crippen LogP contribution in [0.1, 0.15) is 25.3 Å². The molecule has 1 aliphatic heterocycles. The van der Waals surface area contributed by atoms with E-state index in [0.29, 0.717) is 12.0 Å². The van der Waals surface area contributed by atoms with Gasteiger partial charge in [0.1, 0.15) is 5.75 Å². The molecular formula is C19H27ClN2O. The number of methoxy groups -OCH3 is 1. The van der Waals surface area contributed by atoms with E-state index in [1.807, 2.05) is 6.07 Å². The number of nitrogens with two attached hydrogens (primary N) is 1. The Morgan fingerprint density at radius 2 is 1.96 bits per heavy atom. The highest BCUT2D eigenvalue weighted by Gasteiger charge is 2.22. The van der Waals surface area contributed by atoms with Crippen LogP contribution in [-0.4, -0.2) is 31.1 Å². The second-order valence-corrected chi connectivity index (χ2v) is 6.54. The lowest BCUT2D eigenvalue weighted by Gasteiger charge is -2.34. The molecule has 2 atom stereocenters. The fourth-order valence-corrected chi connectivity index (χ4v) is 3.42. The van der Waals surface area contributed by atoms with Crippen LogP contribution in [0.2, 0.25) is 0 Å². The standard InChI is InChI=1S/C19H26N2O.ClH/c1-14(20)18-4-3-9-21(13-18)12-15-5-6-17-11-19(22-2)8-7-16(17)10-15;/h5-8,10-11,14,18H,3-4,9,12-13,20H2,1-2H3;1H. The maximum Gasteiger partial charge on any atom is 0.119 e. The molecule has 0 amide bonds. The summed E-state index contributed by atoms with van der Waals surface area (Å²) >= 11 is 0. The first-order valence-electron chi connectivity index (χ1n) is 8.20. The molecule has 3 rings (SSSR count). The molecule has 1 aliphatic rings. The number of benzene rings is 2. The first-order valence-corrected chi connectivity index (χ1v) is 8.20. The van der Waals surface area contributed by atoms with Gasteiger partial charge in [0, 0.05) is 19.1 Å². The Balaban J connectivity index is 0.00000192. The summed E-state index contributed by atoms with van der Waals surface area (Å²) in [6.07, 6.45) is 2.53. The van der Waals surface area contributed by atoms with E-state index in [1.165, 1.54) is 35.7 Å². The van der Waals surface area contributed by atoms with Gasteiger partial charge in [-0.05, 0) is 66.8 Å². The fraction of sp³-hybridized carbons (Fsp3) is 0.474. The number of piperidine rings is 1. The lowest BCUT2D eigenvalue weighted by atomic mass is 9.92. The van der Waals surface area contributed by atoms with Crippen molar-refractivity contribution in [3.63, 3.8) is 0 Å². The van der Waals surface area contributed by atoms with E-state index >= 15 is 0 Å². The molecule has 0 aliphatic carbocycles. The lowest BCUT2D eigenvalue weighted by molar-refractivity contribution is 0.154. The summed E-state index contributed by atoms with van der Waals surface area (Å²) in [5.74, 6) is 1.55. The van der Waals surface area contributed by atoms with Gasteiger partial charge in [-0.2, -0.15) is 0 Å². The molecule has 2 N–H and O–H groups in total. The molecule has 0 bridgehead atoms. The van der Waals surface area contributed by atoms with Gasteiger partial charge < -0.3 is 10.5 Å². The topological polar surface area (TPSA) is 38.5 Å². The number of nitrogens with zero attached hydrogens (tertiary/aromatic N) is 1. The van der Waals surface area contributed by atoms with Gasteiger partial charge in [0.05, 0.1) is 7.11 Å². The van der Waals surface area contributed by atoms with Crippen molar-refractivity contribution in [2.45, 2.75) is 32.4 Å². The van der Waals surface area contributed by atoms with Crippen molar-refractivity contribution in [1.82, 2.24) is 4.90 Å². The van der Waals surface area contributed by atoms with Gasteiger partial charge in [0.25, 0.3) is 0 Å². The molecule has 2 aromatic rings. The first kappa shape index (κ1) is 18.1. The summed E-state index contributed by atoms with van der Waals surface area (Å²) in [7, 11) is 1.71. The third-order valence-corrected chi connectivity index (χ3v) is 4.80. The van der Waals surface area contributed by atoms with Gasteiger partial charge in [-0.25, -0.2) is 0 Å². The Labute approximate surface area is 145 Å². The van der Waals surface area contributed by atoms with Gasteiger partial charge in [-0.15, -0.1) is 12.4 Å². The molecule has 126 valence electrons. The predicted molar refractivity (Wildman–Crippen MR) is 99.4 cm³/mol. The van der Waals surface area contributed by atoms with Crippen LogP contribution in [0.15, 0.2) is 36.4 Å². The Morgan fingerprint density at radius 3 is 2.70 bits per heavy atom. The highest BCUT2D eigenvalue weighted by Crippen LogP contribution is 2.24. The molecule has 1 fully saturated rings. The summed E-state index contributed by atoms with van der Waals surface area (Å²) < 4.78 is 5.29. The van der Waals surface area contributed by atoms with Gasteiger partial charge in [-0.3, -0.25) is 4.90 Å². The van der Waals surface area contributed by atoms with Crippen LogP contribution < -0.4 is 10.5 Å². The molecule has 1 saturated heterocycles. The minimum absolute atomic E-state index is 0. The fourth-order valence-electron chi connectivity index (χ4n) is 3.42. The largest absolute Gasteiger partial charge is 0.497 e. The van der Waals surface area contributed by atoms with Crippen LogP contribution in [0.5, 0.6) is 5.75 Å². The summed E-state index contributed by atoms with van der Waals surface area (Å²) in [5.41, 5.74) is 7.46.